The van der Waals surface area contributed by atoms with Gasteiger partial charge in [0.2, 0.25) is 5.91 Å². The number of piperidine rings is 1. The minimum atomic E-state index is 0.206. The van der Waals surface area contributed by atoms with E-state index in [1.54, 1.807) is 0 Å². The average molecular weight is 255 g/mol. The summed E-state index contributed by atoms with van der Waals surface area (Å²) in [5, 5.41) is 12.5. The average Bonchev–Trinajstić information content (AvgIpc) is 2.67. The zero-order valence-corrected chi connectivity index (χ0v) is 11.1. The number of rotatable bonds is 3. The molecule has 0 radical (unpaired) electrons. The number of hydrogen-bond acceptors (Lipinski definition) is 4. The molecule has 0 spiro atoms. The van der Waals surface area contributed by atoms with Crippen LogP contribution in [0, 0.1) is 5.92 Å². The molecule has 18 heavy (non-hydrogen) atoms. The smallest absolute Gasteiger partial charge is 0.236 e. The first-order valence-electron chi connectivity index (χ1n) is 7.11. The van der Waals surface area contributed by atoms with Crippen molar-refractivity contribution in [2.24, 2.45) is 5.92 Å². The summed E-state index contributed by atoms with van der Waals surface area (Å²) in [6.07, 6.45) is 3.19. The molecule has 0 bridgehead atoms. The van der Waals surface area contributed by atoms with E-state index in [4.69, 9.17) is 0 Å². The fraction of sp³-hybridized carbons (Fsp3) is 0.923. The Morgan fingerprint density at radius 2 is 2.11 bits per heavy atom. The number of aliphatic hydroxyl groups is 1. The summed E-state index contributed by atoms with van der Waals surface area (Å²) in [6, 6.07) is 0. The minimum Gasteiger partial charge on any atom is -0.396 e. The molecule has 2 heterocycles. The molecule has 5 heteroatoms. The molecular formula is C13H25N3O2. The van der Waals surface area contributed by atoms with Gasteiger partial charge in [-0.2, -0.15) is 0 Å². The molecule has 1 atom stereocenters. The van der Waals surface area contributed by atoms with Gasteiger partial charge in [0.25, 0.3) is 0 Å². The zero-order valence-electron chi connectivity index (χ0n) is 11.1. The monoisotopic (exact) mass is 255 g/mol. The van der Waals surface area contributed by atoms with Crippen LogP contribution < -0.4 is 5.32 Å². The summed E-state index contributed by atoms with van der Waals surface area (Å²) < 4.78 is 0. The standard InChI is InChI=1S/C13H25N3O2/c17-11-12-3-1-7-16(9-12)13(18)10-15-6-2-4-14-5-8-15/h12,14,17H,1-11H2. The molecule has 2 rings (SSSR count). The third kappa shape index (κ3) is 3.93. The van der Waals surface area contributed by atoms with Gasteiger partial charge >= 0.3 is 0 Å². The lowest BCUT2D eigenvalue weighted by Crippen LogP contribution is -2.46. The fourth-order valence-electron chi connectivity index (χ4n) is 2.79. The second-order valence-electron chi connectivity index (χ2n) is 5.41. The third-order valence-electron chi connectivity index (χ3n) is 3.92. The highest BCUT2D eigenvalue weighted by atomic mass is 16.3. The first-order chi connectivity index (χ1) is 8.79. The highest BCUT2D eigenvalue weighted by molar-refractivity contribution is 5.78. The number of hydrogen-bond donors (Lipinski definition) is 2. The molecule has 2 fully saturated rings. The summed E-state index contributed by atoms with van der Waals surface area (Å²) in [6.45, 7) is 6.35. The number of nitrogens with zero attached hydrogens (tertiary/aromatic N) is 2. The van der Waals surface area contributed by atoms with Crippen molar-refractivity contribution in [3.63, 3.8) is 0 Å². The van der Waals surface area contributed by atoms with Crippen molar-refractivity contribution >= 4 is 5.91 Å². The number of nitrogens with one attached hydrogen (secondary N) is 1. The van der Waals surface area contributed by atoms with Crippen LogP contribution in [0.1, 0.15) is 19.3 Å². The second-order valence-corrected chi connectivity index (χ2v) is 5.41. The molecule has 2 saturated heterocycles. The number of amides is 1. The van der Waals surface area contributed by atoms with Gasteiger partial charge in [-0.1, -0.05) is 0 Å². The van der Waals surface area contributed by atoms with E-state index in [0.29, 0.717) is 6.54 Å². The zero-order chi connectivity index (χ0) is 12.8. The van der Waals surface area contributed by atoms with E-state index in [2.05, 4.69) is 10.2 Å². The maximum atomic E-state index is 12.2. The van der Waals surface area contributed by atoms with E-state index in [1.807, 2.05) is 4.90 Å². The van der Waals surface area contributed by atoms with Crippen LogP contribution in [-0.4, -0.2) is 73.2 Å². The van der Waals surface area contributed by atoms with E-state index in [0.717, 1.165) is 58.5 Å². The van der Waals surface area contributed by atoms with Crippen molar-refractivity contribution in [1.82, 2.24) is 15.1 Å². The lowest BCUT2D eigenvalue weighted by molar-refractivity contribution is -0.134. The molecule has 5 nitrogen and oxygen atoms in total. The van der Waals surface area contributed by atoms with Crippen molar-refractivity contribution in [3.8, 4) is 0 Å². The predicted molar refractivity (Wildman–Crippen MR) is 70.3 cm³/mol. The Labute approximate surface area is 109 Å². The number of likely N-dealkylation sites (tertiary alicyclic amines) is 1. The molecular weight excluding hydrogens is 230 g/mol. The molecule has 0 aromatic rings. The molecule has 2 N–H and O–H groups in total. The normalized spacial score (nSPS) is 26.9. The van der Waals surface area contributed by atoms with Crippen LogP contribution in [0.4, 0.5) is 0 Å². The van der Waals surface area contributed by atoms with Gasteiger partial charge in [0.05, 0.1) is 6.54 Å². The van der Waals surface area contributed by atoms with Gasteiger partial charge in [-0.25, -0.2) is 0 Å². The summed E-state index contributed by atoms with van der Waals surface area (Å²) in [7, 11) is 0. The van der Waals surface area contributed by atoms with Crippen LogP contribution in [0.25, 0.3) is 0 Å². The van der Waals surface area contributed by atoms with Crippen molar-refractivity contribution < 1.29 is 9.90 Å². The summed E-state index contributed by atoms with van der Waals surface area (Å²) in [4.78, 5) is 16.4. The van der Waals surface area contributed by atoms with Gasteiger partial charge < -0.3 is 15.3 Å². The van der Waals surface area contributed by atoms with Gasteiger partial charge in [-0.3, -0.25) is 9.69 Å². The maximum Gasteiger partial charge on any atom is 0.236 e. The Balaban J connectivity index is 1.79. The molecule has 0 saturated carbocycles. The first kappa shape index (κ1) is 13.8. The molecule has 0 aliphatic carbocycles. The maximum absolute atomic E-state index is 12.2. The van der Waals surface area contributed by atoms with Gasteiger partial charge in [-0.05, 0) is 38.3 Å². The van der Waals surface area contributed by atoms with Crippen LogP contribution in [0.15, 0.2) is 0 Å². The van der Waals surface area contributed by atoms with Crippen molar-refractivity contribution in [1.29, 1.82) is 0 Å². The quantitative estimate of drug-likeness (QED) is 0.715. The predicted octanol–water partition coefficient (Wildman–Crippen LogP) is -0.487. The molecule has 1 amide bonds. The minimum absolute atomic E-state index is 0.206. The number of aliphatic hydroxyl groups excluding tert-OH is 1. The highest BCUT2D eigenvalue weighted by Crippen LogP contribution is 2.16. The van der Waals surface area contributed by atoms with Gasteiger partial charge in [0.1, 0.15) is 0 Å². The SMILES string of the molecule is O=C(CN1CCCNCC1)N1CCCC(CO)C1. The van der Waals surface area contributed by atoms with Gasteiger partial charge in [0.15, 0.2) is 0 Å². The number of carbonyl (C=O) groups excluding carboxylic acids is 1. The Kier molecular flexibility index (Phi) is 5.41. The van der Waals surface area contributed by atoms with Crippen LogP contribution >= 0.6 is 0 Å². The van der Waals surface area contributed by atoms with Crippen LogP contribution in [0.3, 0.4) is 0 Å². The summed E-state index contributed by atoms with van der Waals surface area (Å²) in [5.74, 6) is 0.517. The largest absolute Gasteiger partial charge is 0.396 e. The van der Waals surface area contributed by atoms with Crippen molar-refractivity contribution in [2.45, 2.75) is 19.3 Å². The lowest BCUT2D eigenvalue weighted by atomic mass is 9.99. The number of carbonyl (C=O) groups is 1. The highest BCUT2D eigenvalue weighted by Gasteiger charge is 2.24. The van der Waals surface area contributed by atoms with E-state index in [9.17, 15) is 9.90 Å². The molecule has 1 unspecified atom stereocenters. The fourth-order valence-corrected chi connectivity index (χ4v) is 2.79. The summed E-state index contributed by atoms with van der Waals surface area (Å²) in [5.41, 5.74) is 0. The van der Waals surface area contributed by atoms with Crippen molar-refractivity contribution in [3.05, 3.63) is 0 Å². The molecule has 0 aromatic heterocycles. The van der Waals surface area contributed by atoms with Crippen LogP contribution in [0.2, 0.25) is 0 Å². The first-order valence-corrected chi connectivity index (χ1v) is 7.11. The third-order valence-corrected chi connectivity index (χ3v) is 3.92. The van der Waals surface area contributed by atoms with E-state index in [-0.39, 0.29) is 18.4 Å². The molecule has 0 aromatic carbocycles. The van der Waals surface area contributed by atoms with E-state index in [1.165, 1.54) is 0 Å². The Morgan fingerprint density at radius 1 is 1.22 bits per heavy atom. The lowest BCUT2D eigenvalue weighted by Gasteiger charge is -2.33. The Hall–Kier alpha value is -0.650. The van der Waals surface area contributed by atoms with Gasteiger partial charge in [0, 0.05) is 32.8 Å². The van der Waals surface area contributed by atoms with Gasteiger partial charge in [-0.15, -0.1) is 0 Å². The molecule has 104 valence electrons. The van der Waals surface area contributed by atoms with Crippen LogP contribution in [-0.2, 0) is 4.79 Å². The molecule has 2 aliphatic heterocycles. The van der Waals surface area contributed by atoms with E-state index < -0.39 is 0 Å². The van der Waals surface area contributed by atoms with Crippen molar-refractivity contribution in [2.75, 3.05) is 52.4 Å². The van der Waals surface area contributed by atoms with Crippen LogP contribution in [0.5, 0.6) is 0 Å². The van der Waals surface area contributed by atoms with E-state index >= 15 is 0 Å². The second kappa shape index (κ2) is 7.07. The molecule has 2 aliphatic rings. The Bertz CT molecular complexity index is 265. The summed E-state index contributed by atoms with van der Waals surface area (Å²) >= 11 is 0. The topological polar surface area (TPSA) is 55.8 Å². The Morgan fingerprint density at radius 3 is 2.94 bits per heavy atom.